The molecule has 1 aromatic carbocycles. The molecule has 0 spiro atoms. The first-order chi connectivity index (χ1) is 14.7. The number of fused-ring (bicyclic) bond motifs is 2. The lowest BCUT2D eigenvalue weighted by Gasteiger charge is -2.11. The van der Waals surface area contributed by atoms with E-state index in [0.717, 1.165) is 5.56 Å². The molecule has 30 heavy (non-hydrogen) atoms. The third kappa shape index (κ3) is 2.86. The minimum absolute atomic E-state index is 0.218. The van der Waals surface area contributed by atoms with Gasteiger partial charge in [-0.2, -0.15) is 5.10 Å². The fourth-order valence-electron chi connectivity index (χ4n) is 3.58. The predicted octanol–water partition coefficient (Wildman–Crippen LogP) is 2.48. The molecule has 0 fully saturated rings. The van der Waals surface area contributed by atoms with Crippen molar-refractivity contribution in [2.24, 2.45) is 0 Å². The van der Waals surface area contributed by atoms with Crippen LogP contribution < -0.4 is 15.9 Å². The summed E-state index contributed by atoms with van der Waals surface area (Å²) in [4.78, 5) is 30.7. The molecule has 0 bridgehead atoms. The monoisotopic (exact) mass is 399 g/mol. The summed E-state index contributed by atoms with van der Waals surface area (Å²) in [5.74, 6) is 1.26. The first-order valence-corrected chi connectivity index (χ1v) is 9.33. The molecule has 0 amide bonds. The number of nitrogens with one attached hydrogen (secondary N) is 1. The zero-order valence-corrected chi connectivity index (χ0v) is 16.1. The highest BCUT2D eigenvalue weighted by molar-refractivity contribution is 5.91. The quantitative estimate of drug-likeness (QED) is 0.469. The van der Waals surface area contributed by atoms with Crippen LogP contribution in [-0.4, -0.2) is 31.4 Å². The van der Waals surface area contributed by atoms with Gasteiger partial charge in [0, 0.05) is 24.0 Å². The molecule has 4 aromatic heterocycles. The highest BCUT2D eigenvalue weighted by Crippen LogP contribution is 2.19. The Bertz CT molecular complexity index is 1500. The number of methoxy groups -OCH3 is 1. The number of aromatic amines is 1. The minimum atomic E-state index is -0.273. The third-order valence-corrected chi connectivity index (χ3v) is 5.09. The molecule has 1 N–H and O–H groups in total. The van der Waals surface area contributed by atoms with Crippen LogP contribution in [0.3, 0.4) is 0 Å². The minimum Gasteiger partial charge on any atom is -0.496 e. The van der Waals surface area contributed by atoms with E-state index >= 15 is 0 Å². The number of hydrogen-bond donors (Lipinski definition) is 1. The van der Waals surface area contributed by atoms with Crippen molar-refractivity contribution in [2.45, 2.75) is 6.54 Å². The maximum atomic E-state index is 13.2. The van der Waals surface area contributed by atoms with Crippen molar-refractivity contribution in [3.63, 3.8) is 0 Å². The average Bonchev–Trinajstić information content (AvgIpc) is 3.30. The lowest BCUT2D eigenvalue weighted by atomic mass is 10.1. The highest BCUT2D eigenvalue weighted by Gasteiger charge is 2.12. The van der Waals surface area contributed by atoms with Crippen LogP contribution in [0, 0.1) is 0 Å². The lowest BCUT2D eigenvalue weighted by Crippen LogP contribution is -2.22. The normalized spacial score (nSPS) is 11.2. The maximum Gasteiger partial charge on any atom is 0.265 e. The second-order valence-electron chi connectivity index (χ2n) is 6.85. The molecule has 8 nitrogen and oxygen atoms in total. The van der Waals surface area contributed by atoms with Crippen molar-refractivity contribution in [3.8, 4) is 11.6 Å². The molecule has 0 saturated carbocycles. The summed E-state index contributed by atoms with van der Waals surface area (Å²) in [5, 5.41) is 7.41. The Balaban J connectivity index is 1.68. The SMILES string of the molecule is COc1ccccc1Cn1ccc2nc3ccn(-c4ccn[nH]4)c(=O)c3cc2c1=O. The van der Waals surface area contributed by atoms with Crippen LogP contribution in [0.4, 0.5) is 0 Å². The van der Waals surface area contributed by atoms with Crippen LogP contribution in [0.5, 0.6) is 5.75 Å². The Labute approximate surface area is 170 Å². The topological polar surface area (TPSA) is 94.8 Å². The van der Waals surface area contributed by atoms with Gasteiger partial charge in [0.1, 0.15) is 11.6 Å². The standard InChI is InChI=1S/C22H17N5O3/c1-30-19-5-3-2-4-14(19)13-26-10-7-17-15(21(26)28)12-16-18(24-17)8-11-27(22(16)29)20-6-9-23-25-20/h2-12H,13H2,1H3,(H,23,25). The molecule has 0 aliphatic heterocycles. The van der Waals surface area contributed by atoms with Gasteiger partial charge in [-0.1, -0.05) is 18.2 Å². The van der Waals surface area contributed by atoms with Crippen molar-refractivity contribution < 1.29 is 4.74 Å². The molecule has 0 aliphatic carbocycles. The summed E-state index contributed by atoms with van der Waals surface area (Å²) in [6, 6.07) is 14.4. The van der Waals surface area contributed by atoms with Crippen LogP contribution in [0.15, 0.2) is 76.7 Å². The Hall–Kier alpha value is -4.20. The van der Waals surface area contributed by atoms with Gasteiger partial charge in [-0.05, 0) is 24.3 Å². The summed E-state index contributed by atoms with van der Waals surface area (Å²) < 4.78 is 8.42. The highest BCUT2D eigenvalue weighted by atomic mass is 16.5. The largest absolute Gasteiger partial charge is 0.496 e. The summed E-state index contributed by atoms with van der Waals surface area (Å²) in [7, 11) is 1.60. The molecule has 0 unspecified atom stereocenters. The van der Waals surface area contributed by atoms with Crippen LogP contribution in [0.25, 0.3) is 27.6 Å². The van der Waals surface area contributed by atoms with Gasteiger partial charge in [0.15, 0.2) is 0 Å². The van der Waals surface area contributed by atoms with E-state index < -0.39 is 0 Å². The zero-order chi connectivity index (χ0) is 20.7. The van der Waals surface area contributed by atoms with Gasteiger partial charge in [-0.3, -0.25) is 19.3 Å². The molecule has 0 saturated heterocycles. The van der Waals surface area contributed by atoms with Gasteiger partial charge >= 0.3 is 0 Å². The number of aromatic nitrogens is 5. The number of benzene rings is 1. The molecule has 0 aliphatic rings. The Morgan fingerprint density at radius 2 is 1.73 bits per heavy atom. The van der Waals surface area contributed by atoms with E-state index in [1.165, 1.54) is 4.57 Å². The van der Waals surface area contributed by atoms with Gasteiger partial charge in [-0.25, -0.2) is 4.98 Å². The van der Waals surface area contributed by atoms with Crippen molar-refractivity contribution in [1.82, 2.24) is 24.3 Å². The van der Waals surface area contributed by atoms with Crippen molar-refractivity contribution in [2.75, 3.05) is 7.11 Å². The first kappa shape index (κ1) is 17.9. The summed E-state index contributed by atoms with van der Waals surface area (Å²) >= 11 is 0. The number of nitrogens with zero attached hydrogens (tertiary/aromatic N) is 4. The van der Waals surface area contributed by atoms with Crippen LogP contribution in [0.2, 0.25) is 0 Å². The third-order valence-electron chi connectivity index (χ3n) is 5.09. The van der Waals surface area contributed by atoms with E-state index in [0.29, 0.717) is 39.9 Å². The Morgan fingerprint density at radius 1 is 0.967 bits per heavy atom. The van der Waals surface area contributed by atoms with Crippen molar-refractivity contribution >= 4 is 21.8 Å². The van der Waals surface area contributed by atoms with E-state index in [-0.39, 0.29) is 11.1 Å². The molecule has 5 rings (SSSR count). The van der Waals surface area contributed by atoms with Crippen LogP contribution >= 0.6 is 0 Å². The van der Waals surface area contributed by atoms with E-state index in [4.69, 9.17) is 4.74 Å². The number of para-hydroxylation sites is 1. The molecular formula is C22H17N5O3. The smallest absolute Gasteiger partial charge is 0.265 e. The van der Waals surface area contributed by atoms with Gasteiger partial charge in [0.05, 0.1) is 41.7 Å². The van der Waals surface area contributed by atoms with Gasteiger partial charge in [0.25, 0.3) is 11.1 Å². The number of pyridine rings is 3. The summed E-state index contributed by atoms with van der Waals surface area (Å²) in [6.07, 6.45) is 4.92. The Morgan fingerprint density at radius 3 is 2.50 bits per heavy atom. The number of ether oxygens (including phenoxy) is 1. The number of H-pyrrole nitrogens is 1. The second-order valence-corrected chi connectivity index (χ2v) is 6.85. The van der Waals surface area contributed by atoms with Gasteiger partial charge < -0.3 is 9.30 Å². The molecule has 5 aromatic rings. The average molecular weight is 399 g/mol. The van der Waals surface area contributed by atoms with Crippen LogP contribution in [-0.2, 0) is 6.54 Å². The number of hydrogen-bond acceptors (Lipinski definition) is 5. The van der Waals surface area contributed by atoms with E-state index in [1.54, 1.807) is 54.5 Å². The van der Waals surface area contributed by atoms with Crippen molar-refractivity contribution in [1.29, 1.82) is 0 Å². The predicted molar refractivity (Wildman–Crippen MR) is 113 cm³/mol. The fourth-order valence-corrected chi connectivity index (χ4v) is 3.58. The maximum absolute atomic E-state index is 13.2. The second kappa shape index (κ2) is 7.00. The van der Waals surface area contributed by atoms with Gasteiger partial charge in [0.2, 0.25) is 0 Å². The van der Waals surface area contributed by atoms with E-state index in [1.807, 2.05) is 24.3 Å². The van der Waals surface area contributed by atoms with E-state index in [2.05, 4.69) is 15.2 Å². The van der Waals surface area contributed by atoms with Gasteiger partial charge in [-0.15, -0.1) is 0 Å². The molecule has 8 heteroatoms. The molecule has 0 atom stereocenters. The van der Waals surface area contributed by atoms with E-state index in [9.17, 15) is 9.59 Å². The molecular weight excluding hydrogens is 382 g/mol. The summed E-state index contributed by atoms with van der Waals surface area (Å²) in [6.45, 7) is 0.351. The van der Waals surface area contributed by atoms with Crippen LogP contribution in [0.1, 0.15) is 5.56 Å². The zero-order valence-electron chi connectivity index (χ0n) is 16.1. The molecule has 148 valence electrons. The fraction of sp³-hybridized carbons (Fsp3) is 0.0909. The lowest BCUT2D eigenvalue weighted by molar-refractivity contribution is 0.408. The Kier molecular flexibility index (Phi) is 4.17. The van der Waals surface area contributed by atoms with Crippen molar-refractivity contribution in [3.05, 3.63) is 93.4 Å². The molecule has 0 radical (unpaired) electrons. The first-order valence-electron chi connectivity index (χ1n) is 9.33. The number of rotatable bonds is 4. The molecule has 4 heterocycles. The summed E-state index contributed by atoms with van der Waals surface area (Å²) in [5.41, 5.74) is 1.47.